The lowest BCUT2D eigenvalue weighted by Crippen LogP contribution is -2.29. The van der Waals surface area contributed by atoms with Gasteiger partial charge in [0.1, 0.15) is 5.75 Å². The van der Waals surface area contributed by atoms with E-state index in [0.717, 1.165) is 12.8 Å². The van der Waals surface area contributed by atoms with Crippen LogP contribution < -0.4 is 10.1 Å². The van der Waals surface area contributed by atoms with Crippen LogP contribution in [0.4, 0.5) is 5.69 Å². The Morgan fingerprint density at radius 2 is 2.17 bits per heavy atom. The SMILES string of the molecule is CC(C)COc1ccc(NC(=O)C2CC(=O)N(C3CC3)C2)cc1Cl. The Morgan fingerprint density at radius 1 is 1.42 bits per heavy atom. The number of likely N-dealkylation sites (tertiary alicyclic amines) is 1. The Bertz CT molecular complexity index is 643. The number of hydrogen-bond acceptors (Lipinski definition) is 3. The topological polar surface area (TPSA) is 58.6 Å². The second-order valence-electron chi connectivity index (χ2n) is 7.02. The van der Waals surface area contributed by atoms with Gasteiger partial charge in [-0.15, -0.1) is 0 Å². The minimum absolute atomic E-state index is 0.0908. The first-order valence-electron chi connectivity index (χ1n) is 8.46. The number of carbonyl (C=O) groups excluding carboxylic acids is 2. The fourth-order valence-corrected chi connectivity index (χ4v) is 3.08. The normalized spacial score (nSPS) is 20.6. The first-order chi connectivity index (χ1) is 11.4. The molecular weight excluding hydrogens is 328 g/mol. The molecule has 0 spiro atoms. The zero-order valence-corrected chi connectivity index (χ0v) is 14.8. The molecule has 2 aliphatic rings. The molecule has 1 aliphatic carbocycles. The van der Waals surface area contributed by atoms with Crippen molar-refractivity contribution in [1.29, 1.82) is 0 Å². The second kappa shape index (κ2) is 7.01. The molecule has 1 aromatic rings. The molecule has 1 heterocycles. The Balaban J connectivity index is 1.58. The van der Waals surface area contributed by atoms with Gasteiger partial charge in [-0.3, -0.25) is 9.59 Å². The van der Waals surface area contributed by atoms with Gasteiger partial charge in [0.05, 0.1) is 17.5 Å². The van der Waals surface area contributed by atoms with Gasteiger partial charge in [-0.1, -0.05) is 25.4 Å². The summed E-state index contributed by atoms with van der Waals surface area (Å²) in [5, 5.41) is 3.33. The summed E-state index contributed by atoms with van der Waals surface area (Å²) in [7, 11) is 0. The van der Waals surface area contributed by atoms with Crippen molar-refractivity contribution in [3.05, 3.63) is 23.2 Å². The van der Waals surface area contributed by atoms with Crippen molar-refractivity contribution in [2.75, 3.05) is 18.5 Å². The molecule has 130 valence electrons. The van der Waals surface area contributed by atoms with E-state index >= 15 is 0 Å². The van der Waals surface area contributed by atoms with E-state index in [1.54, 1.807) is 18.2 Å². The van der Waals surface area contributed by atoms with E-state index in [2.05, 4.69) is 19.2 Å². The molecule has 2 amide bonds. The summed E-state index contributed by atoms with van der Waals surface area (Å²) >= 11 is 6.21. The van der Waals surface area contributed by atoms with Crippen LogP contribution in [0.25, 0.3) is 0 Å². The number of ether oxygens (including phenoxy) is 1. The number of rotatable bonds is 6. The van der Waals surface area contributed by atoms with Gasteiger partial charge in [0.25, 0.3) is 0 Å². The molecule has 1 saturated carbocycles. The monoisotopic (exact) mass is 350 g/mol. The first-order valence-corrected chi connectivity index (χ1v) is 8.84. The van der Waals surface area contributed by atoms with Crippen LogP contribution in [0, 0.1) is 11.8 Å². The predicted molar refractivity (Wildman–Crippen MR) is 93.3 cm³/mol. The lowest BCUT2D eigenvalue weighted by atomic mass is 10.1. The molecule has 1 saturated heterocycles. The van der Waals surface area contributed by atoms with Crippen molar-refractivity contribution < 1.29 is 14.3 Å². The fraction of sp³-hybridized carbons (Fsp3) is 0.556. The number of halogens is 1. The Labute approximate surface area is 147 Å². The zero-order chi connectivity index (χ0) is 17.3. The summed E-state index contributed by atoms with van der Waals surface area (Å²) in [5.41, 5.74) is 0.624. The smallest absolute Gasteiger partial charge is 0.229 e. The number of nitrogens with one attached hydrogen (secondary N) is 1. The summed E-state index contributed by atoms with van der Waals surface area (Å²) in [6, 6.07) is 5.58. The van der Waals surface area contributed by atoms with E-state index in [9.17, 15) is 9.59 Å². The van der Waals surface area contributed by atoms with Crippen molar-refractivity contribution >= 4 is 29.1 Å². The molecule has 1 atom stereocenters. The highest BCUT2D eigenvalue weighted by Crippen LogP contribution is 2.33. The van der Waals surface area contributed by atoms with E-state index in [0.29, 0.717) is 48.0 Å². The van der Waals surface area contributed by atoms with Crippen molar-refractivity contribution in [3.63, 3.8) is 0 Å². The third kappa shape index (κ3) is 4.01. The summed E-state index contributed by atoms with van der Waals surface area (Å²) in [5.74, 6) is 0.703. The highest BCUT2D eigenvalue weighted by atomic mass is 35.5. The van der Waals surface area contributed by atoms with Crippen LogP contribution in [0.2, 0.25) is 5.02 Å². The zero-order valence-electron chi connectivity index (χ0n) is 14.0. The molecule has 1 unspecified atom stereocenters. The molecule has 1 aromatic carbocycles. The average molecular weight is 351 g/mol. The average Bonchev–Trinajstić information content (AvgIpc) is 3.28. The maximum absolute atomic E-state index is 12.4. The number of carbonyl (C=O) groups is 2. The van der Waals surface area contributed by atoms with Gasteiger partial charge in [-0.05, 0) is 37.0 Å². The molecule has 3 rings (SSSR count). The molecule has 24 heavy (non-hydrogen) atoms. The first kappa shape index (κ1) is 17.1. The Kier molecular flexibility index (Phi) is 4.99. The van der Waals surface area contributed by atoms with E-state index in [4.69, 9.17) is 16.3 Å². The molecular formula is C18H23ClN2O3. The maximum Gasteiger partial charge on any atom is 0.229 e. The van der Waals surface area contributed by atoms with Crippen LogP contribution >= 0.6 is 11.6 Å². The fourth-order valence-electron chi connectivity index (χ4n) is 2.84. The third-order valence-corrected chi connectivity index (χ3v) is 4.58. The number of amides is 2. The van der Waals surface area contributed by atoms with Gasteiger partial charge in [-0.25, -0.2) is 0 Å². The molecule has 1 N–H and O–H groups in total. The number of hydrogen-bond donors (Lipinski definition) is 1. The van der Waals surface area contributed by atoms with Gasteiger partial charge in [0.15, 0.2) is 0 Å². The standard InChI is InChI=1S/C18H23ClN2O3/c1-11(2)10-24-16-6-3-13(8-15(16)19)20-18(23)12-7-17(22)21(9-12)14-4-5-14/h3,6,8,11-12,14H,4-5,7,9-10H2,1-2H3,(H,20,23). The highest BCUT2D eigenvalue weighted by Gasteiger charge is 2.41. The summed E-state index contributed by atoms with van der Waals surface area (Å²) in [4.78, 5) is 26.2. The molecule has 6 heteroatoms. The van der Waals surface area contributed by atoms with Crippen LogP contribution in [-0.4, -0.2) is 35.9 Å². The van der Waals surface area contributed by atoms with Crippen LogP contribution in [0.1, 0.15) is 33.1 Å². The van der Waals surface area contributed by atoms with E-state index < -0.39 is 0 Å². The van der Waals surface area contributed by atoms with Crippen molar-refractivity contribution in [2.24, 2.45) is 11.8 Å². The molecule has 1 aliphatic heterocycles. The van der Waals surface area contributed by atoms with Crippen molar-refractivity contribution in [2.45, 2.75) is 39.2 Å². The van der Waals surface area contributed by atoms with Gasteiger partial charge < -0.3 is 15.0 Å². The second-order valence-corrected chi connectivity index (χ2v) is 7.42. The maximum atomic E-state index is 12.4. The van der Waals surface area contributed by atoms with Crippen LogP contribution in [0.3, 0.4) is 0 Å². The van der Waals surface area contributed by atoms with Crippen molar-refractivity contribution in [3.8, 4) is 5.75 Å². The van der Waals surface area contributed by atoms with Gasteiger partial charge in [0, 0.05) is 24.7 Å². The van der Waals surface area contributed by atoms with Crippen LogP contribution in [0.5, 0.6) is 5.75 Å². The molecule has 0 radical (unpaired) electrons. The molecule has 2 fully saturated rings. The summed E-state index contributed by atoms with van der Waals surface area (Å²) in [6.45, 7) is 5.25. The van der Waals surface area contributed by atoms with Crippen LogP contribution in [-0.2, 0) is 9.59 Å². The minimum atomic E-state index is -0.284. The highest BCUT2D eigenvalue weighted by molar-refractivity contribution is 6.32. The quantitative estimate of drug-likeness (QED) is 0.856. The largest absolute Gasteiger partial charge is 0.492 e. The van der Waals surface area contributed by atoms with Crippen molar-refractivity contribution in [1.82, 2.24) is 4.90 Å². The van der Waals surface area contributed by atoms with Gasteiger partial charge in [0.2, 0.25) is 11.8 Å². The summed E-state index contributed by atoms with van der Waals surface area (Å²) < 4.78 is 5.62. The van der Waals surface area contributed by atoms with Crippen LogP contribution in [0.15, 0.2) is 18.2 Å². The Hall–Kier alpha value is -1.75. The molecule has 0 bridgehead atoms. The molecule has 0 aromatic heterocycles. The molecule has 5 nitrogen and oxygen atoms in total. The summed E-state index contributed by atoms with van der Waals surface area (Å²) in [6.07, 6.45) is 2.42. The predicted octanol–water partition coefficient (Wildman–Crippen LogP) is 3.32. The number of anilines is 1. The minimum Gasteiger partial charge on any atom is -0.492 e. The van der Waals surface area contributed by atoms with Gasteiger partial charge >= 0.3 is 0 Å². The number of nitrogens with zero attached hydrogens (tertiary/aromatic N) is 1. The lowest BCUT2D eigenvalue weighted by Gasteiger charge is -2.16. The third-order valence-electron chi connectivity index (χ3n) is 4.29. The van der Waals surface area contributed by atoms with Gasteiger partial charge in [-0.2, -0.15) is 0 Å². The van der Waals surface area contributed by atoms with E-state index in [1.165, 1.54) is 0 Å². The lowest BCUT2D eigenvalue weighted by molar-refractivity contribution is -0.128. The van der Waals surface area contributed by atoms with E-state index in [1.807, 2.05) is 4.90 Å². The number of benzene rings is 1. The van der Waals surface area contributed by atoms with E-state index in [-0.39, 0.29) is 17.7 Å². The Morgan fingerprint density at radius 3 is 2.79 bits per heavy atom.